The second-order valence-electron chi connectivity index (χ2n) is 3.16. The molecule has 80 valence electrons. The molecular formula is C12H10N2O2. The van der Waals surface area contributed by atoms with Gasteiger partial charge in [0, 0.05) is 18.6 Å². The van der Waals surface area contributed by atoms with Gasteiger partial charge in [0.1, 0.15) is 5.75 Å². The SMILES string of the molecule is O=C(Cc1cnccn1)Oc1ccccc1. The van der Waals surface area contributed by atoms with E-state index in [-0.39, 0.29) is 12.4 Å². The molecular weight excluding hydrogens is 204 g/mol. The van der Waals surface area contributed by atoms with Gasteiger partial charge in [0.05, 0.1) is 12.1 Å². The molecule has 1 heterocycles. The van der Waals surface area contributed by atoms with Gasteiger partial charge in [0.25, 0.3) is 0 Å². The first-order valence-corrected chi connectivity index (χ1v) is 4.85. The average molecular weight is 214 g/mol. The standard InChI is InChI=1S/C12H10N2O2/c15-12(8-10-9-13-6-7-14-10)16-11-4-2-1-3-5-11/h1-7,9H,8H2. The van der Waals surface area contributed by atoms with E-state index in [1.807, 2.05) is 18.2 Å². The summed E-state index contributed by atoms with van der Waals surface area (Å²) < 4.78 is 5.11. The van der Waals surface area contributed by atoms with Gasteiger partial charge in [0.15, 0.2) is 0 Å². The van der Waals surface area contributed by atoms with Crippen LogP contribution < -0.4 is 4.74 Å². The van der Waals surface area contributed by atoms with Gasteiger partial charge < -0.3 is 4.74 Å². The molecule has 0 N–H and O–H groups in total. The molecule has 0 radical (unpaired) electrons. The van der Waals surface area contributed by atoms with Gasteiger partial charge in [-0.3, -0.25) is 14.8 Å². The van der Waals surface area contributed by atoms with Gasteiger partial charge >= 0.3 is 5.97 Å². The Kier molecular flexibility index (Phi) is 3.23. The Morgan fingerprint density at radius 2 is 2.00 bits per heavy atom. The minimum Gasteiger partial charge on any atom is -0.426 e. The van der Waals surface area contributed by atoms with Crippen LogP contribution in [-0.4, -0.2) is 15.9 Å². The molecule has 1 aromatic carbocycles. The van der Waals surface area contributed by atoms with E-state index in [2.05, 4.69) is 9.97 Å². The second kappa shape index (κ2) is 5.02. The third-order valence-electron chi connectivity index (χ3n) is 1.92. The van der Waals surface area contributed by atoms with Crippen LogP contribution in [-0.2, 0) is 11.2 Å². The summed E-state index contributed by atoms with van der Waals surface area (Å²) in [4.78, 5) is 19.4. The maximum Gasteiger partial charge on any atom is 0.317 e. The summed E-state index contributed by atoms with van der Waals surface area (Å²) in [5, 5.41) is 0. The summed E-state index contributed by atoms with van der Waals surface area (Å²) in [7, 11) is 0. The highest BCUT2D eigenvalue weighted by Gasteiger charge is 2.06. The zero-order valence-corrected chi connectivity index (χ0v) is 8.54. The van der Waals surface area contributed by atoms with Crippen molar-refractivity contribution in [3.05, 3.63) is 54.6 Å². The number of nitrogens with zero attached hydrogens (tertiary/aromatic N) is 2. The largest absolute Gasteiger partial charge is 0.426 e. The van der Waals surface area contributed by atoms with E-state index in [1.165, 1.54) is 0 Å². The monoisotopic (exact) mass is 214 g/mol. The molecule has 0 unspecified atom stereocenters. The molecule has 0 bridgehead atoms. The van der Waals surface area contributed by atoms with Crippen LogP contribution >= 0.6 is 0 Å². The van der Waals surface area contributed by atoms with Crippen LogP contribution in [0.25, 0.3) is 0 Å². The fourth-order valence-corrected chi connectivity index (χ4v) is 1.23. The summed E-state index contributed by atoms with van der Waals surface area (Å²) in [6.45, 7) is 0. The van der Waals surface area contributed by atoms with E-state index >= 15 is 0 Å². The number of carbonyl (C=O) groups excluding carboxylic acids is 1. The number of rotatable bonds is 3. The molecule has 2 rings (SSSR count). The summed E-state index contributed by atoms with van der Waals surface area (Å²) >= 11 is 0. The first-order valence-electron chi connectivity index (χ1n) is 4.85. The van der Waals surface area contributed by atoms with Crippen molar-refractivity contribution in [1.29, 1.82) is 0 Å². The zero-order chi connectivity index (χ0) is 11.2. The first-order chi connectivity index (χ1) is 7.84. The van der Waals surface area contributed by atoms with Crippen molar-refractivity contribution in [1.82, 2.24) is 9.97 Å². The number of carbonyl (C=O) groups is 1. The minimum atomic E-state index is -0.341. The molecule has 1 aromatic heterocycles. The molecule has 16 heavy (non-hydrogen) atoms. The van der Waals surface area contributed by atoms with Crippen LogP contribution in [0.4, 0.5) is 0 Å². The van der Waals surface area contributed by atoms with Crippen molar-refractivity contribution in [2.24, 2.45) is 0 Å². The summed E-state index contributed by atoms with van der Waals surface area (Å²) in [6.07, 6.45) is 4.78. The topological polar surface area (TPSA) is 52.1 Å². The van der Waals surface area contributed by atoms with Crippen LogP contribution in [0, 0.1) is 0 Å². The summed E-state index contributed by atoms with van der Waals surface area (Å²) in [5.74, 6) is 0.197. The van der Waals surface area contributed by atoms with Crippen LogP contribution in [0.15, 0.2) is 48.9 Å². The van der Waals surface area contributed by atoms with E-state index < -0.39 is 0 Å². The molecule has 0 aliphatic carbocycles. The summed E-state index contributed by atoms with van der Waals surface area (Å²) in [5.41, 5.74) is 0.600. The van der Waals surface area contributed by atoms with Gasteiger partial charge in [-0.2, -0.15) is 0 Å². The fourth-order valence-electron chi connectivity index (χ4n) is 1.23. The predicted molar refractivity (Wildman–Crippen MR) is 57.8 cm³/mol. The van der Waals surface area contributed by atoms with Crippen LogP contribution in [0.5, 0.6) is 5.75 Å². The number of hydrogen-bond acceptors (Lipinski definition) is 4. The number of aromatic nitrogens is 2. The van der Waals surface area contributed by atoms with E-state index in [9.17, 15) is 4.79 Å². The first kappa shape index (κ1) is 10.3. The highest BCUT2D eigenvalue weighted by atomic mass is 16.5. The van der Waals surface area contributed by atoms with Gasteiger partial charge in [-0.05, 0) is 12.1 Å². The third kappa shape index (κ3) is 2.88. The van der Waals surface area contributed by atoms with Crippen LogP contribution in [0.2, 0.25) is 0 Å². The number of hydrogen-bond donors (Lipinski definition) is 0. The van der Waals surface area contributed by atoms with Gasteiger partial charge in [0.2, 0.25) is 0 Å². The van der Waals surface area contributed by atoms with Crippen molar-refractivity contribution in [3.63, 3.8) is 0 Å². The van der Waals surface area contributed by atoms with E-state index in [1.54, 1.807) is 30.7 Å². The van der Waals surface area contributed by atoms with E-state index in [4.69, 9.17) is 4.74 Å². The number of esters is 1. The highest BCUT2D eigenvalue weighted by Crippen LogP contribution is 2.09. The zero-order valence-electron chi connectivity index (χ0n) is 8.54. The van der Waals surface area contributed by atoms with Crippen molar-refractivity contribution >= 4 is 5.97 Å². The second-order valence-corrected chi connectivity index (χ2v) is 3.16. The smallest absolute Gasteiger partial charge is 0.317 e. The molecule has 0 amide bonds. The third-order valence-corrected chi connectivity index (χ3v) is 1.92. The van der Waals surface area contributed by atoms with Gasteiger partial charge in [-0.25, -0.2) is 0 Å². The Bertz CT molecular complexity index is 413. The highest BCUT2D eigenvalue weighted by molar-refractivity contribution is 5.74. The molecule has 4 heteroatoms. The number of ether oxygens (including phenoxy) is 1. The van der Waals surface area contributed by atoms with E-state index in [0.717, 1.165) is 0 Å². The molecule has 2 aromatic rings. The molecule has 0 aliphatic heterocycles. The molecule has 0 aliphatic rings. The molecule has 0 spiro atoms. The normalized spacial score (nSPS) is 9.75. The summed E-state index contributed by atoms with van der Waals surface area (Å²) in [6, 6.07) is 8.94. The lowest BCUT2D eigenvalue weighted by atomic mass is 10.3. The lowest BCUT2D eigenvalue weighted by Crippen LogP contribution is -2.12. The molecule has 0 saturated carbocycles. The maximum atomic E-state index is 11.5. The van der Waals surface area contributed by atoms with Crippen molar-refractivity contribution in [3.8, 4) is 5.75 Å². The predicted octanol–water partition coefficient (Wildman–Crippen LogP) is 1.62. The quantitative estimate of drug-likeness (QED) is 0.575. The molecule has 0 fully saturated rings. The van der Waals surface area contributed by atoms with Crippen molar-refractivity contribution in [2.75, 3.05) is 0 Å². The lowest BCUT2D eigenvalue weighted by Gasteiger charge is -2.02. The van der Waals surface area contributed by atoms with Crippen molar-refractivity contribution in [2.45, 2.75) is 6.42 Å². The molecule has 4 nitrogen and oxygen atoms in total. The number of para-hydroxylation sites is 1. The lowest BCUT2D eigenvalue weighted by molar-refractivity contribution is -0.133. The van der Waals surface area contributed by atoms with Gasteiger partial charge in [-0.15, -0.1) is 0 Å². The Morgan fingerprint density at radius 1 is 1.19 bits per heavy atom. The Balaban J connectivity index is 1.95. The maximum absolute atomic E-state index is 11.5. The fraction of sp³-hybridized carbons (Fsp3) is 0.0833. The Labute approximate surface area is 92.9 Å². The Morgan fingerprint density at radius 3 is 2.69 bits per heavy atom. The molecule has 0 atom stereocenters. The van der Waals surface area contributed by atoms with Crippen molar-refractivity contribution < 1.29 is 9.53 Å². The Hall–Kier alpha value is -2.23. The molecule has 0 saturated heterocycles. The number of benzene rings is 1. The van der Waals surface area contributed by atoms with Crippen LogP contribution in [0.1, 0.15) is 5.69 Å². The van der Waals surface area contributed by atoms with Crippen LogP contribution in [0.3, 0.4) is 0 Å². The van der Waals surface area contributed by atoms with E-state index in [0.29, 0.717) is 11.4 Å². The average Bonchev–Trinajstić information content (AvgIpc) is 2.31. The minimum absolute atomic E-state index is 0.128. The van der Waals surface area contributed by atoms with Gasteiger partial charge in [-0.1, -0.05) is 18.2 Å².